The summed E-state index contributed by atoms with van der Waals surface area (Å²) in [5.74, 6) is 2.16. The highest BCUT2D eigenvalue weighted by Gasteiger charge is 2.14. The normalized spacial score (nSPS) is 12.0. The summed E-state index contributed by atoms with van der Waals surface area (Å²) in [5, 5.41) is 3.20. The predicted octanol–water partition coefficient (Wildman–Crippen LogP) is 5.05. The fourth-order valence-electron chi connectivity index (χ4n) is 4.27. The summed E-state index contributed by atoms with van der Waals surface area (Å²) in [7, 11) is 3.19. The Morgan fingerprint density at radius 3 is 2.51 bits per heavy atom. The Kier molecular flexibility index (Phi) is 6.94. The second kappa shape index (κ2) is 10.5. The van der Waals surface area contributed by atoms with Crippen molar-refractivity contribution in [2.45, 2.75) is 12.5 Å². The smallest absolute Gasteiger partial charge is 0.162 e. The maximum Gasteiger partial charge on any atom is 0.162 e. The van der Waals surface area contributed by atoms with Gasteiger partial charge in [0, 0.05) is 45.9 Å². The van der Waals surface area contributed by atoms with Gasteiger partial charge in [0.25, 0.3) is 0 Å². The van der Waals surface area contributed by atoms with Crippen LogP contribution in [-0.2, 0) is 6.42 Å². The summed E-state index contributed by atoms with van der Waals surface area (Å²) in [4.78, 5) is 13.5. The lowest BCUT2D eigenvalue weighted by molar-refractivity contribution is 0.286. The fraction of sp³-hybridized carbons (Fsp3) is 0.179. The van der Waals surface area contributed by atoms with Gasteiger partial charge in [-0.15, -0.1) is 0 Å². The van der Waals surface area contributed by atoms with Gasteiger partial charge in [-0.2, -0.15) is 0 Å². The van der Waals surface area contributed by atoms with Gasteiger partial charge in [-0.05, 0) is 47.7 Å². The van der Waals surface area contributed by atoms with Crippen LogP contribution in [-0.4, -0.2) is 41.8 Å². The first-order valence-electron chi connectivity index (χ1n) is 11.6. The van der Waals surface area contributed by atoms with Gasteiger partial charge < -0.3 is 25.7 Å². The molecule has 5 rings (SSSR count). The van der Waals surface area contributed by atoms with E-state index >= 15 is 0 Å². The summed E-state index contributed by atoms with van der Waals surface area (Å²) in [6, 6.07) is 15.0. The second-order valence-corrected chi connectivity index (χ2v) is 9.09. The van der Waals surface area contributed by atoms with E-state index < -0.39 is 0 Å². The van der Waals surface area contributed by atoms with Crippen LogP contribution < -0.4 is 25.7 Å². The zero-order valence-corrected chi connectivity index (χ0v) is 21.2. The lowest BCUT2D eigenvalue weighted by Gasteiger charge is -2.14. The monoisotopic (exact) mass is 515 g/mol. The van der Waals surface area contributed by atoms with Crippen LogP contribution in [0.4, 0.5) is 5.82 Å². The second-order valence-electron chi connectivity index (χ2n) is 8.65. The highest BCUT2D eigenvalue weighted by molar-refractivity contribution is 6.30. The summed E-state index contributed by atoms with van der Waals surface area (Å²) in [5.41, 5.74) is 15.9. The molecule has 0 saturated carbocycles. The van der Waals surface area contributed by atoms with E-state index in [4.69, 9.17) is 37.3 Å². The number of nitrogen functional groups attached to an aromatic ring is 1. The first-order valence-corrected chi connectivity index (χ1v) is 12.0. The van der Waals surface area contributed by atoms with Crippen LogP contribution in [0, 0.1) is 0 Å². The minimum absolute atomic E-state index is 0.206. The van der Waals surface area contributed by atoms with Crippen LogP contribution in [0.15, 0.2) is 67.1 Å². The molecule has 3 aromatic heterocycles. The molecule has 0 unspecified atom stereocenters. The third-order valence-corrected chi connectivity index (χ3v) is 6.31. The van der Waals surface area contributed by atoms with E-state index in [0.29, 0.717) is 46.8 Å². The average molecular weight is 516 g/mol. The molecule has 8 nitrogen and oxygen atoms in total. The van der Waals surface area contributed by atoms with Gasteiger partial charge >= 0.3 is 0 Å². The molecular formula is C28H26ClN5O3. The van der Waals surface area contributed by atoms with Crippen LogP contribution in [0.2, 0.25) is 5.02 Å². The number of halogens is 1. The molecule has 0 fully saturated rings. The van der Waals surface area contributed by atoms with Gasteiger partial charge in [0.05, 0.1) is 31.6 Å². The molecule has 188 valence electrons. The molecule has 0 aliphatic heterocycles. The minimum Gasteiger partial charge on any atom is -0.493 e. The van der Waals surface area contributed by atoms with Crippen LogP contribution in [0.5, 0.6) is 17.2 Å². The zero-order valence-electron chi connectivity index (χ0n) is 20.4. The highest BCUT2D eigenvalue weighted by Crippen LogP contribution is 2.37. The van der Waals surface area contributed by atoms with Crippen molar-refractivity contribution >= 4 is 39.1 Å². The number of nitrogens with two attached hydrogens (primary N) is 2. The molecular weight excluding hydrogens is 490 g/mol. The van der Waals surface area contributed by atoms with Gasteiger partial charge in [0.2, 0.25) is 0 Å². The number of ether oxygens (including phenoxy) is 3. The Morgan fingerprint density at radius 1 is 0.919 bits per heavy atom. The molecule has 0 bridgehead atoms. The number of hydrogen-bond acceptors (Lipinski definition) is 8. The third kappa shape index (κ3) is 5.21. The number of fused-ring (bicyclic) bond motifs is 3. The highest BCUT2D eigenvalue weighted by atomic mass is 35.5. The van der Waals surface area contributed by atoms with Crippen molar-refractivity contribution in [1.29, 1.82) is 0 Å². The summed E-state index contributed by atoms with van der Waals surface area (Å²) in [6.07, 6.45) is 5.73. The number of methoxy groups -OCH3 is 2. The Bertz CT molecular complexity index is 1590. The van der Waals surface area contributed by atoms with Gasteiger partial charge in [0.15, 0.2) is 11.5 Å². The molecule has 0 radical (unpaired) electrons. The molecule has 37 heavy (non-hydrogen) atoms. The first kappa shape index (κ1) is 24.5. The number of hydrogen-bond donors (Lipinski definition) is 2. The summed E-state index contributed by atoms with van der Waals surface area (Å²) < 4.78 is 16.9. The zero-order chi connectivity index (χ0) is 25.9. The largest absolute Gasteiger partial charge is 0.493 e. The molecule has 0 saturated heterocycles. The fourth-order valence-corrected chi connectivity index (χ4v) is 4.49. The number of nitrogens with zero attached hydrogens (tertiary/aromatic N) is 3. The summed E-state index contributed by atoms with van der Waals surface area (Å²) in [6.45, 7) is 0.322. The van der Waals surface area contributed by atoms with E-state index in [1.807, 2.05) is 48.5 Å². The molecule has 0 aliphatic carbocycles. The topological polar surface area (TPSA) is 118 Å². The molecule has 9 heteroatoms. The van der Waals surface area contributed by atoms with Crippen LogP contribution in [0.3, 0.4) is 0 Å². The van der Waals surface area contributed by atoms with Crippen molar-refractivity contribution < 1.29 is 14.2 Å². The van der Waals surface area contributed by atoms with Crippen molar-refractivity contribution in [3.63, 3.8) is 0 Å². The molecule has 4 N–H and O–H groups in total. The van der Waals surface area contributed by atoms with E-state index in [1.165, 1.54) is 0 Å². The van der Waals surface area contributed by atoms with Gasteiger partial charge in [-0.25, -0.2) is 4.98 Å². The predicted molar refractivity (Wildman–Crippen MR) is 146 cm³/mol. The number of pyridine rings is 3. The van der Waals surface area contributed by atoms with E-state index in [0.717, 1.165) is 32.8 Å². The Balaban J connectivity index is 1.44. The summed E-state index contributed by atoms with van der Waals surface area (Å²) >= 11 is 6.07. The van der Waals surface area contributed by atoms with Crippen LogP contribution in [0.25, 0.3) is 32.9 Å². The Morgan fingerprint density at radius 2 is 1.73 bits per heavy atom. The van der Waals surface area contributed by atoms with E-state index in [9.17, 15) is 0 Å². The van der Waals surface area contributed by atoms with Crippen LogP contribution >= 0.6 is 11.6 Å². The van der Waals surface area contributed by atoms with E-state index in [1.54, 1.807) is 32.8 Å². The van der Waals surface area contributed by atoms with E-state index in [2.05, 4.69) is 15.0 Å². The van der Waals surface area contributed by atoms with Crippen molar-refractivity contribution in [3.05, 3.63) is 77.7 Å². The average Bonchev–Trinajstić information content (AvgIpc) is 2.91. The minimum atomic E-state index is -0.206. The standard InChI is InChI=1S/C28H26ClN5O3/c1-35-26-10-22-21-9-24(34-28(31)23(21)14-33-25(22)11-27(26)36-2)17-8-20(13-32-12-17)37-15-19(30)7-16-4-3-5-18(29)6-16/h3-6,8-14,19H,7,15,30H2,1-2H3,(H2,31,34)/t19-/m0/s1. The number of aromatic nitrogens is 3. The Hall–Kier alpha value is -4.14. The maximum atomic E-state index is 6.35. The lowest BCUT2D eigenvalue weighted by atomic mass is 10.0. The Labute approximate surface area is 219 Å². The van der Waals surface area contributed by atoms with Crippen molar-refractivity contribution in [2.75, 3.05) is 26.6 Å². The number of benzene rings is 2. The molecule has 0 spiro atoms. The molecule has 0 amide bonds. The lowest BCUT2D eigenvalue weighted by Crippen LogP contribution is -2.30. The molecule has 2 aromatic carbocycles. The molecule has 5 aromatic rings. The first-order chi connectivity index (χ1) is 17.9. The number of rotatable bonds is 8. The quantitative estimate of drug-likeness (QED) is 0.276. The van der Waals surface area contributed by atoms with E-state index in [-0.39, 0.29) is 6.04 Å². The van der Waals surface area contributed by atoms with Gasteiger partial charge in [0.1, 0.15) is 18.2 Å². The van der Waals surface area contributed by atoms with Crippen molar-refractivity contribution in [1.82, 2.24) is 15.0 Å². The third-order valence-electron chi connectivity index (χ3n) is 6.07. The number of anilines is 1. The maximum absolute atomic E-state index is 6.35. The molecule has 3 heterocycles. The van der Waals surface area contributed by atoms with Gasteiger partial charge in [-0.1, -0.05) is 23.7 Å². The van der Waals surface area contributed by atoms with Crippen molar-refractivity contribution in [2.24, 2.45) is 5.73 Å². The molecule has 0 aliphatic rings. The SMILES string of the molecule is COc1cc2ncc3c(N)nc(-c4cncc(OC[C@@H](N)Cc5cccc(Cl)c5)c4)cc3c2cc1OC. The van der Waals surface area contributed by atoms with Crippen LogP contribution in [0.1, 0.15) is 5.56 Å². The van der Waals surface area contributed by atoms with Gasteiger partial charge in [-0.3, -0.25) is 9.97 Å². The van der Waals surface area contributed by atoms with Crippen molar-refractivity contribution in [3.8, 4) is 28.5 Å². The molecule has 1 atom stereocenters.